The summed E-state index contributed by atoms with van der Waals surface area (Å²) in [4.78, 5) is 27.3. The third-order valence-corrected chi connectivity index (χ3v) is 7.43. The third-order valence-electron chi connectivity index (χ3n) is 7.43. The zero-order valence-corrected chi connectivity index (χ0v) is 22.9. The minimum atomic E-state index is -0.573. The van der Waals surface area contributed by atoms with Gasteiger partial charge in [-0.25, -0.2) is 0 Å². The van der Waals surface area contributed by atoms with Crippen LogP contribution >= 0.6 is 0 Å². The normalized spacial score (nSPS) is 15.3. The smallest absolute Gasteiger partial charge is 0.305 e. The highest BCUT2D eigenvalue weighted by Gasteiger charge is 2.44. The van der Waals surface area contributed by atoms with Gasteiger partial charge in [-0.3, -0.25) is 19.2 Å². The molecule has 6 heteroatoms. The van der Waals surface area contributed by atoms with E-state index in [4.69, 9.17) is 4.74 Å². The molecule has 1 fully saturated rings. The van der Waals surface area contributed by atoms with E-state index >= 15 is 0 Å². The first-order valence-corrected chi connectivity index (χ1v) is 14.0. The molecule has 1 aliphatic rings. The van der Waals surface area contributed by atoms with Crippen molar-refractivity contribution in [1.29, 1.82) is 0 Å². The highest BCUT2D eigenvalue weighted by atomic mass is 16.5. The molecule has 0 radical (unpaired) electrons. The van der Waals surface area contributed by atoms with Gasteiger partial charge in [-0.05, 0) is 42.2 Å². The molecule has 0 spiro atoms. The lowest BCUT2D eigenvalue weighted by Gasteiger charge is -2.47. The number of hydrogen-bond acceptors (Lipinski definition) is 5. The number of aromatic nitrogens is 2. The van der Waals surface area contributed by atoms with Crippen LogP contribution in [0, 0.1) is 0 Å². The van der Waals surface area contributed by atoms with Crippen LogP contribution in [-0.2, 0) is 26.4 Å². The van der Waals surface area contributed by atoms with Crippen molar-refractivity contribution >= 4 is 17.8 Å². The number of Topliss-reactive ketones (excluding diaryl/α,β-unsaturated/α-hetero) is 1. The number of benzene rings is 3. The molecule has 204 valence electrons. The highest BCUT2D eigenvalue weighted by molar-refractivity contribution is 6.00. The zero-order chi connectivity index (χ0) is 27.8. The van der Waals surface area contributed by atoms with Crippen molar-refractivity contribution in [3.8, 4) is 0 Å². The number of esters is 1. The Morgan fingerprint density at radius 1 is 0.900 bits per heavy atom. The lowest BCUT2D eigenvalue weighted by atomic mass is 9.74. The number of rotatable bonds is 10. The van der Waals surface area contributed by atoms with Gasteiger partial charge >= 0.3 is 5.97 Å². The van der Waals surface area contributed by atoms with E-state index in [1.807, 2.05) is 48.1 Å². The van der Waals surface area contributed by atoms with Crippen molar-refractivity contribution in [3.05, 3.63) is 131 Å². The number of nitrogens with zero attached hydrogens (tertiary/aromatic N) is 3. The molecule has 0 amide bonds. The first-order chi connectivity index (χ1) is 19.6. The summed E-state index contributed by atoms with van der Waals surface area (Å²) in [5, 5.41) is 4.66. The van der Waals surface area contributed by atoms with Crippen LogP contribution in [0.4, 0.5) is 0 Å². The summed E-state index contributed by atoms with van der Waals surface area (Å²) >= 11 is 0. The van der Waals surface area contributed by atoms with Gasteiger partial charge in [0.1, 0.15) is 0 Å². The van der Waals surface area contributed by atoms with Gasteiger partial charge in [0.2, 0.25) is 0 Å². The average Bonchev–Trinajstić information content (AvgIpc) is 3.44. The molecule has 40 heavy (non-hydrogen) atoms. The van der Waals surface area contributed by atoms with E-state index in [2.05, 4.69) is 82.8 Å². The second-order valence-corrected chi connectivity index (χ2v) is 9.99. The molecule has 5 rings (SSSR count). The van der Waals surface area contributed by atoms with E-state index in [0.29, 0.717) is 45.5 Å². The molecule has 0 N–H and O–H groups in total. The molecule has 0 saturated carbocycles. The van der Waals surface area contributed by atoms with E-state index in [1.54, 1.807) is 0 Å². The fourth-order valence-corrected chi connectivity index (χ4v) is 5.64. The van der Waals surface area contributed by atoms with Crippen LogP contribution in [0.2, 0.25) is 0 Å². The van der Waals surface area contributed by atoms with Crippen LogP contribution in [0.15, 0.2) is 109 Å². The van der Waals surface area contributed by atoms with Gasteiger partial charge in [-0.2, -0.15) is 5.10 Å². The van der Waals surface area contributed by atoms with Gasteiger partial charge in [-0.1, -0.05) is 91.0 Å². The summed E-state index contributed by atoms with van der Waals surface area (Å²) in [5.41, 5.74) is 4.39. The molecule has 3 aromatic carbocycles. The molecule has 4 aromatic rings. The minimum absolute atomic E-state index is 0.149. The Morgan fingerprint density at radius 2 is 1.48 bits per heavy atom. The summed E-state index contributed by atoms with van der Waals surface area (Å²) < 4.78 is 6.83. The minimum Gasteiger partial charge on any atom is -0.466 e. The summed E-state index contributed by atoms with van der Waals surface area (Å²) in [5.74, 6) is -0.0418. The van der Waals surface area contributed by atoms with Crippen LogP contribution in [0.5, 0.6) is 0 Å². The number of hydrogen-bond donors (Lipinski definition) is 0. The fourth-order valence-electron chi connectivity index (χ4n) is 5.64. The van der Waals surface area contributed by atoms with Gasteiger partial charge in [0.15, 0.2) is 5.78 Å². The molecule has 0 bridgehead atoms. The topological polar surface area (TPSA) is 64.4 Å². The molecule has 1 saturated heterocycles. The van der Waals surface area contributed by atoms with E-state index < -0.39 is 5.54 Å². The average molecular weight is 534 g/mol. The molecule has 2 heterocycles. The summed E-state index contributed by atoms with van der Waals surface area (Å²) in [6, 6.07) is 33.6. The molecule has 1 aliphatic heterocycles. The Bertz CT molecular complexity index is 1350. The largest absolute Gasteiger partial charge is 0.466 e. The SMILES string of the molecule is CCOC(=O)CCCn1ccc(/C=C2/CN(C(c3ccccc3)(c3ccccc3)c3ccccc3)CCC2=O)n1. The van der Waals surface area contributed by atoms with Gasteiger partial charge in [0.25, 0.3) is 0 Å². The van der Waals surface area contributed by atoms with Crippen LogP contribution in [0.25, 0.3) is 6.08 Å². The molecule has 1 aromatic heterocycles. The van der Waals surface area contributed by atoms with Crippen molar-refractivity contribution < 1.29 is 14.3 Å². The fraction of sp³-hybridized carbons (Fsp3) is 0.265. The van der Waals surface area contributed by atoms with Gasteiger partial charge in [0, 0.05) is 44.2 Å². The molecule has 0 unspecified atom stereocenters. The van der Waals surface area contributed by atoms with Gasteiger partial charge < -0.3 is 4.74 Å². The predicted molar refractivity (Wildman–Crippen MR) is 156 cm³/mol. The number of likely N-dealkylation sites (tertiary alicyclic amines) is 1. The van der Waals surface area contributed by atoms with E-state index in [0.717, 1.165) is 28.0 Å². The second kappa shape index (κ2) is 12.7. The molecule has 0 aliphatic carbocycles. The van der Waals surface area contributed by atoms with Crippen molar-refractivity contribution in [2.75, 3.05) is 19.7 Å². The number of ketones is 1. The van der Waals surface area contributed by atoms with Crippen LogP contribution in [0.1, 0.15) is 48.6 Å². The van der Waals surface area contributed by atoms with Gasteiger partial charge in [-0.15, -0.1) is 0 Å². The monoisotopic (exact) mass is 533 g/mol. The lowest BCUT2D eigenvalue weighted by Crippen LogP contribution is -2.52. The Labute approximate surface area is 235 Å². The number of ether oxygens (including phenoxy) is 1. The van der Waals surface area contributed by atoms with Crippen LogP contribution in [-0.4, -0.2) is 46.1 Å². The Morgan fingerprint density at radius 3 is 2.02 bits per heavy atom. The summed E-state index contributed by atoms with van der Waals surface area (Å²) in [6.07, 6.45) is 5.25. The second-order valence-electron chi connectivity index (χ2n) is 9.99. The van der Waals surface area contributed by atoms with Crippen molar-refractivity contribution in [2.24, 2.45) is 0 Å². The third kappa shape index (κ3) is 5.82. The van der Waals surface area contributed by atoms with Crippen molar-refractivity contribution in [1.82, 2.24) is 14.7 Å². The number of carbonyl (C=O) groups excluding carboxylic acids is 2. The quantitative estimate of drug-likeness (QED) is 0.145. The van der Waals surface area contributed by atoms with Crippen molar-refractivity contribution in [3.63, 3.8) is 0 Å². The number of aryl methyl sites for hydroxylation is 1. The maximum Gasteiger partial charge on any atom is 0.305 e. The van der Waals surface area contributed by atoms with Gasteiger partial charge in [0.05, 0.1) is 17.8 Å². The first-order valence-electron chi connectivity index (χ1n) is 14.0. The molecule has 6 nitrogen and oxygen atoms in total. The number of carbonyl (C=O) groups is 2. The van der Waals surface area contributed by atoms with Crippen LogP contribution < -0.4 is 0 Å². The molecular weight excluding hydrogens is 498 g/mol. The van der Waals surface area contributed by atoms with E-state index in [-0.39, 0.29) is 11.8 Å². The summed E-state index contributed by atoms with van der Waals surface area (Å²) in [6.45, 7) is 3.94. The Hall–Kier alpha value is -4.29. The Balaban J connectivity index is 1.48. The predicted octanol–water partition coefficient (Wildman–Crippen LogP) is 5.88. The maximum absolute atomic E-state index is 13.2. The lowest BCUT2D eigenvalue weighted by molar-refractivity contribution is -0.143. The van der Waals surface area contributed by atoms with E-state index in [1.165, 1.54) is 0 Å². The molecule has 0 atom stereocenters. The first kappa shape index (κ1) is 27.3. The Kier molecular flexibility index (Phi) is 8.67. The van der Waals surface area contributed by atoms with Crippen LogP contribution in [0.3, 0.4) is 0 Å². The van der Waals surface area contributed by atoms with Crippen molar-refractivity contribution in [2.45, 2.75) is 38.3 Å². The zero-order valence-electron chi connectivity index (χ0n) is 22.9. The standard InChI is InChI=1S/C34H35N3O3/c1-2-40-33(39)19-12-22-37-24-20-31(35-37)25-27-26-36(23-21-32(27)38)34(28-13-6-3-7-14-28,29-15-8-4-9-16-29)30-17-10-5-11-18-30/h3-11,13-18,20,24-25H,2,12,19,21-23,26H2,1H3/b27-25-. The van der Waals surface area contributed by atoms with E-state index in [9.17, 15) is 9.59 Å². The highest BCUT2D eigenvalue weighted by Crippen LogP contribution is 2.43. The summed E-state index contributed by atoms with van der Waals surface area (Å²) in [7, 11) is 0. The number of piperidine rings is 1. The maximum atomic E-state index is 13.2. The molecular formula is C34H35N3O3.